The summed E-state index contributed by atoms with van der Waals surface area (Å²) in [5, 5.41) is 3.27. The highest BCUT2D eigenvalue weighted by molar-refractivity contribution is 7.89. The first-order valence-corrected chi connectivity index (χ1v) is 8.38. The van der Waals surface area contributed by atoms with E-state index in [0.29, 0.717) is 18.0 Å². The molecule has 1 N–H and O–H groups in total. The minimum Gasteiger partial charge on any atom is -0.247 e. The summed E-state index contributed by atoms with van der Waals surface area (Å²) in [6, 6.07) is 6.19. The molecule has 2 rings (SSSR count). The Labute approximate surface area is 121 Å². The Hall–Kier alpha value is -0.950. The molecule has 2 aromatic rings. The van der Waals surface area contributed by atoms with Crippen LogP contribution in [0.3, 0.4) is 0 Å². The predicted molar refractivity (Wildman–Crippen MR) is 77.2 cm³/mol. The van der Waals surface area contributed by atoms with Crippen LogP contribution in [0.1, 0.15) is 10.7 Å². The monoisotopic (exact) mass is 316 g/mol. The average Bonchev–Trinajstić information content (AvgIpc) is 2.75. The lowest BCUT2D eigenvalue weighted by Crippen LogP contribution is -2.25. The maximum atomic E-state index is 12.0. The zero-order valence-corrected chi connectivity index (χ0v) is 12.6. The van der Waals surface area contributed by atoms with E-state index in [-0.39, 0.29) is 4.90 Å². The number of aryl methyl sites for hydroxylation is 1. The third-order valence-electron chi connectivity index (χ3n) is 2.40. The summed E-state index contributed by atoms with van der Waals surface area (Å²) in [5.41, 5.74) is 0.956. The normalized spacial score (nSPS) is 11.7. The SMILES string of the molecule is Cc1csc(CCNS(=O)(=O)c2cccc(Cl)c2)n1. The lowest BCUT2D eigenvalue weighted by Gasteiger charge is -2.06. The molecule has 0 saturated heterocycles. The van der Waals surface area contributed by atoms with Crippen molar-refractivity contribution in [2.45, 2.75) is 18.2 Å². The summed E-state index contributed by atoms with van der Waals surface area (Å²) in [6.45, 7) is 2.23. The van der Waals surface area contributed by atoms with Crippen molar-refractivity contribution in [2.75, 3.05) is 6.54 Å². The minimum atomic E-state index is -3.50. The highest BCUT2D eigenvalue weighted by Crippen LogP contribution is 2.15. The van der Waals surface area contributed by atoms with E-state index in [2.05, 4.69) is 9.71 Å². The van der Waals surface area contributed by atoms with Crippen LogP contribution in [-0.4, -0.2) is 19.9 Å². The van der Waals surface area contributed by atoms with E-state index in [1.54, 1.807) is 12.1 Å². The fourth-order valence-corrected chi connectivity index (χ4v) is 3.64. The van der Waals surface area contributed by atoms with E-state index >= 15 is 0 Å². The number of hydrogen-bond acceptors (Lipinski definition) is 4. The van der Waals surface area contributed by atoms with Crippen LogP contribution >= 0.6 is 22.9 Å². The highest BCUT2D eigenvalue weighted by atomic mass is 35.5. The molecule has 0 amide bonds. The molecule has 0 fully saturated rings. The molecule has 0 atom stereocenters. The standard InChI is InChI=1S/C12H13ClN2O2S2/c1-9-8-18-12(15-9)5-6-14-19(16,17)11-4-2-3-10(13)7-11/h2-4,7-8,14H,5-6H2,1H3. The van der Waals surface area contributed by atoms with Crippen molar-refractivity contribution in [2.24, 2.45) is 0 Å². The number of aromatic nitrogens is 1. The fourth-order valence-electron chi connectivity index (χ4n) is 1.53. The second-order valence-corrected chi connectivity index (χ2v) is 7.13. The van der Waals surface area contributed by atoms with Gasteiger partial charge in [-0.05, 0) is 25.1 Å². The van der Waals surface area contributed by atoms with Crippen LogP contribution in [0.4, 0.5) is 0 Å². The Morgan fingerprint density at radius 1 is 1.42 bits per heavy atom. The quantitative estimate of drug-likeness (QED) is 0.922. The molecule has 0 aliphatic heterocycles. The van der Waals surface area contributed by atoms with Gasteiger partial charge in [0.05, 0.1) is 9.90 Å². The second-order valence-electron chi connectivity index (χ2n) is 3.99. The Morgan fingerprint density at radius 3 is 2.84 bits per heavy atom. The number of nitrogens with zero attached hydrogens (tertiary/aromatic N) is 1. The molecular formula is C12H13ClN2O2S2. The molecule has 1 aromatic carbocycles. The van der Waals surface area contributed by atoms with Gasteiger partial charge in [-0.3, -0.25) is 0 Å². The average molecular weight is 317 g/mol. The number of hydrogen-bond donors (Lipinski definition) is 1. The van der Waals surface area contributed by atoms with E-state index in [9.17, 15) is 8.42 Å². The molecule has 0 unspecified atom stereocenters. The van der Waals surface area contributed by atoms with E-state index in [1.165, 1.54) is 23.5 Å². The Kier molecular flexibility index (Phi) is 4.57. The van der Waals surface area contributed by atoms with Gasteiger partial charge in [-0.15, -0.1) is 11.3 Å². The summed E-state index contributed by atoms with van der Waals surface area (Å²) < 4.78 is 26.5. The molecule has 4 nitrogen and oxygen atoms in total. The van der Waals surface area contributed by atoms with Gasteiger partial charge in [0.15, 0.2) is 0 Å². The van der Waals surface area contributed by atoms with Crippen LogP contribution in [0.2, 0.25) is 5.02 Å². The van der Waals surface area contributed by atoms with Crippen molar-refractivity contribution in [1.29, 1.82) is 0 Å². The molecule has 0 saturated carbocycles. The molecule has 19 heavy (non-hydrogen) atoms. The van der Waals surface area contributed by atoms with Crippen LogP contribution in [0.25, 0.3) is 0 Å². The first-order chi connectivity index (χ1) is 8.97. The van der Waals surface area contributed by atoms with Crippen LogP contribution in [-0.2, 0) is 16.4 Å². The number of halogens is 1. The van der Waals surface area contributed by atoms with Crippen molar-refractivity contribution in [1.82, 2.24) is 9.71 Å². The number of thiazole rings is 1. The van der Waals surface area contributed by atoms with Gasteiger partial charge in [-0.1, -0.05) is 17.7 Å². The predicted octanol–water partition coefficient (Wildman–Crippen LogP) is 2.63. The molecule has 0 bridgehead atoms. The molecule has 0 aliphatic carbocycles. The first-order valence-electron chi connectivity index (χ1n) is 5.63. The van der Waals surface area contributed by atoms with E-state index in [4.69, 9.17) is 11.6 Å². The molecular weight excluding hydrogens is 304 g/mol. The molecule has 102 valence electrons. The van der Waals surface area contributed by atoms with Crippen molar-refractivity contribution >= 4 is 33.0 Å². The summed E-state index contributed by atoms with van der Waals surface area (Å²) in [6.07, 6.45) is 0.582. The largest absolute Gasteiger partial charge is 0.247 e. The van der Waals surface area contributed by atoms with E-state index in [0.717, 1.165) is 10.7 Å². The van der Waals surface area contributed by atoms with Crippen molar-refractivity contribution in [3.8, 4) is 0 Å². The van der Waals surface area contributed by atoms with Crippen molar-refractivity contribution in [3.05, 3.63) is 45.4 Å². The molecule has 0 spiro atoms. The molecule has 1 aromatic heterocycles. The molecule has 0 radical (unpaired) electrons. The lowest BCUT2D eigenvalue weighted by atomic mass is 10.4. The van der Waals surface area contributed by atoms with Gasteiger partial charge in [-0.2, -0.15) is 0 Å². The van der Waals surface area contributed by atoms with Crippen LogP contribution in [0, 0.1) is 6.92 Å². The minimum absolute atomic E-state index is 0.176. The van der Waals surface area contributed by atoms with Crippen molar-refractivity contribution < 1.29 is 8.42 Å². The molecule has 7 heteroatoms. The maximum absolute atomic E-state index is 12.0. The topological polar surface area (TPSA) is 59.1 Å². The Balaban J connectivity index is 1.98. The smallest absolute Gasteiger partial charge is 0.240 e. The summed E-state index contributed by atoms with van der Waals surface area (Å²) in [5.74, 6) is 0. The van der Waals surface area contributed by atoms with Gasteiger partial charge < -0.3 is 0 Å². The van der Waals surface area contributed by atoms with E-state index in [1.807, 2.05) is 12.3 Å². The van der Waals surface area contributed by atoms with Crippen LogP contribution < -0.4 is 4.72 Å². The van der Waals surface area contributed by atoms with Gasteiger partial charge in [0, 0.05) is 29.1 Å². The Bertz CT molecular complexity index is 668. The van der Waals surface area contributed by atoms with Crippen LogP contribution in [0.5, 0.6) is 0 Å². The van der Waals surface area contributed by atoms with Gasteiger partial charge in [0.1, 0.15) is 0 Å². The lowest BCUT2D eigenvalue weighted by molar-refractivity contribution is 0.581. The van der Waals surface area contributed by atoms with Gasteiger partial charge >= 0.3 is 0 Å². The van der Waals surface area contributed by atoms with Gasteiger partial charge in [-0.25, -0.2) is 18.1 Å². The number of nitrogens with one attached hydrogen (secondary N) is 1. The van der Waals surface area contributed by atoms with Crippen LogP contribution in [0.15, 0.2) is 34.5 Å². The zero-order valence-electron chi connectivity index (χ0n) is 10.3. The number of sulfonamides is 1. The van der Waals surface area contributed by atoms with Crippen molar-refractivity contribution in [3.63, 3.8) is 0 Å². The Morgan fingerprint density at radius 2 is 2.21 bits per heavy atom. The molecule has 1 heterocycles. The molecule has 0 aliphatic rings. The maximum Gasteiger partial charge on any atom is 0.240 e. The number of benzene rings is 1. The fraction of sp³-hybridized carbons (Fsp3) is 0.250. The number of rotatable bonds is 5. The second kappa shape index (κ2) is 6.00. The first kappa shape index (κ1) is 14.5. The summed E-state index contributed by atoms with van der Waals surface area (Å²) >= 11 is 7.31. The third kappa shape index (κ3) is 4.01. The van der Waals surface area contributed by atoms with Gasteiger partial charge in [0.25, 0.3) is 0 Å². The third-order valence-corrected chi connectivity index (χ3v) is 5.12. The summed E-state index contributed by atoms with van der Waals surface area (Å²) in [4.78, 5) is 4.46. The van der Waals surface area contributed by atoms with Gasteiger partial charge in [0.2, 0.25) is 10.0 Å². The highest BCUT2D eigenvalue weighted by Gasteiger charge is 2.13. The van der Waals surface area contributed by atoms with E-state index < -0.39 is 10.0 Å². The zero-order chi connectivity index (χ0) is 13.9. The summed E-state index contributed by atoms with van der Waals surface area (Å²) in [7, 11) is -3.50.